The van der Waals surface area contributed by atoms with Gasteiger partial charge in [0.05, 0.1) is 16.0 Å². The van der Waals surface area contributed by atoms with Gasteiger partial charge in [0.25, 0.3) is 5.92 Å². The van der Waals surface area contributed by atoms with Crippen LogP contribution in [0.5, 0.6) is 5.75 Å². The average molecular weight is 725 g/mol. The number of nitrogens with one attached hydrogen (secondary N) is 1. The molecule has 0 aliphatic carbocycles. The number of carboxylic acids is 1. The molecular weight excluding hydrogens is 692 g/mol. The lowest BCUT2D eigenvalue weighted by molar-refractivity contribution is -0.274. The third-order valence-corrected chi connectivity index (χ3v) is 9.93. The number of hydrogen-bond donors (Lipinski definition) is 2. The molecule has 0 fully saturated rings. The summed E-state index contributed by atoms with van der Waals surface area (Å²) in [5.41, 5.74) is -1.36. The molecule has 16 heteroatoms. The summed E-state index contributed by atoms with van der Waals surface area (Å²) >= 11 is 0.901. The summed E-state index contributed by atoms with van der Waals surface area (Å²) in [7, 11) is -2.04. The van der Waals surface area contributed by atoms with E-state index >= 15 is 8.78 Å². The molecule has 5 rings (SSSR count). The number of benzene rings is 2. The molecule has 2 aromatic carbocycles. The summed E-state index contributed by atoms with van der Waals surface area (Å²) in [5, 5.41) is 10.2. The number of halogens is 5. The number of ether oxygens (including phenoxy) is 2. The van der Waals surface area contributed by atoms with Crippen LogP contribution in [0.4, 0.5) is 32.9 Å². The molecule has 4 aromatic rings. The zero-order chi connectivity index (χ0) is 35.4. The monoisotopic (exact) mass is 724 g/mol. The summed E-state index contributed by atoms with van der Waals surface area (Å²) in [4.78, 5) is 23.3. The van der Waals surface area contributed by atoms with E-state index in [1.165, 1.54) is 42.5 Å². The van der Waals surface area contributed by atoms with Gasteiger partial charge in [0, 0.05) is 30.8 Å². The van der Waals surface area contributed by atoms with Crippen molar-refractivity contribution in [3.63, 3.8) is 0 Å². The highest BCUT2D eigenvalue weighted by atomic mass is 32.2. The molecule has 0 saturated heterocycles. The predicted molar refractivity (Wildman–Crippen MR) is 176 cm³/mol. The van der Waals surface area contributed by atoms with Gasteiger partial charge < -0.3 is 19.5 Å². The zero-order valence-electron chi connectivity index (χ0n) is 26.4. The van der Waals surface area contributed by atoms with Crippen molar-refractivity contribution in [2.45, 2.75) is 50.4 Å². The van der Waals surface area contributed by atoms with Crippen molar-refractivity contribution in [1.29, 1.82) is 0 Å². The predicted octanol–water partition coefficient (Wildman–Crippen LogP) is 8.11. The van der Waals surface area contributed by atoms with Gasteiger partial charge in [-0.15, -0.1) is 13.2 Å². The van der Waals surface area contributed by atoms with E-state index in [1.807, 2.05) is 6.92 Å². The second-order valence-electron chi connectivity index (χ2n) is 11.7. The number of carbonyl (C=O) groups is 1. The topological polar surface area (TPSA) is 114 Å². The van der Waals surface area contributed by atoms with Crippen LogP contribution in [-0.4, -0.2) is 57.9 Å². The SMILES string of the molecule is CCCC(C)(CN1CCCOCC(F)(F)c2ccccc2-c2nc(sc2-c2cccc(OC(F)(F)F)c2)NS(=O)c2cccc1n2)C(=O)O. The van der Waals surface area contributed by atoms with Gasteiger partial charge in [0.1, 0.15) is 18.2 Å². The lowest BCUT2D eigenvalue weighted by Gasteiger charge is -2.33. The minimum atomic E-state index is -4.96. The molecule has 1 aliphatic rings. The molecule has 9 nitrogen and oxygen atoms in total. The van der Waals surface area contributed by atoms with Crippen molar-refractivity contribution < 1.29 is 45.5 Å². The molecule has 262 valence electrons. The average Bonchev–Trinajstić information content (AvgIpc) is 3.46. The summed E-state index contributed by atoms with van der Waals surface area (Å²) in [6.45, 7) is 2.71. The first-order valence-corrected chi connectivity index (χ1v) is 17.2. The molecule has 49 heavy (non-hydrogen) atoms. The molecule has 4 bridgehead atoms. The van der Waals surface area contributed by atoms with Gasteiger partial charge in [-0.1, -0.05) is 67.1 Å². The summed E-state index contributed by atoms with van der Waals surface area (Å²) in [5.74, 6) is -4.70. The van der Waals surface area contributed by atoms with Gasteiger partial charge in [0.15, 0.2) is 21.1 Å². The fourth-order valence-corrected chi connectivity index (χ4v) is 7.45. The van der Waals surface area contributed by atoms with E-state index in [4.69, 9.17) is 4.74 Å². The van der Waals surface area contributed by atoms with E-state index in [9.17, 15) is 27.3 Å². The van der Waals surface area contributed by atoms with Crippen LogP contribution in [0.2, 0.25) is 0 Å². The Hall–Kier alpha value is -4.15. The van der Waals surface area contributed by atoms with Crippen LogP contribution < -0.4 is 14.4 Å². The highest BCUT2D eigenvalue weighted by molar-refractivity contribution is 7.86. The molecule has 2 atom stereocenters. The van der Waals surface area contributed by atoms with Gasteiger partial charge in [-0.25, -0.2) is 14.2 Å². The number of aromatic nitrogens is 2. The largest absolute Gasteiger partial charge is 0.573 e. The van der Waals surface area contributed by atoms with E-state index in [-0.39, 0.29) is 58.0 Å². The molecule has 0 amide bonds. The number of hydrogen-bond acceptors (Lipinski definition) is 8. The van der Waals surface area contributed by atoms with Gasteiger partial charge >= 0.3 is 12.3 Å². The Balaban J connectivity index is 1.61. The number of rotatable bonds is 7. The quantitative estimate of drug-likeness (QED) is 0.184. The maximum atomic E-state index is 15.9. The van der Waals surface area contributed by atoms with Crippen molar-refractivity contribution in [3.8, 4) is 27.4 Å². The molecule has 2 N–H and O–H groups in total. The number of nitrogens with zero attached hydrogens (tertiary/aromatic N) is 3. The molecule has 0 saturated carbocycles. The highest BCUT2D eigenvalue weighted by Gasteiger charge is 2.37. The Bertz CT molecular complexity index is 1820. The maximum absolute atomic E-state index is 15.9. The fraction of sp³-hybridized carbons (Fsp3) is 0.364. The molecular formula is C33H33F5N4O5S2. The van der Waals surface area contributed by atoms with E-state index in [2.05, 4.69) is 19.4 Å². The zero-order valence-corrected chi connectivity index (χ0v) is 28.1. The van der Waals surface area contributed by atoms with E-state index in [0.717, 1.165) is 23.5 Å². The summed E-state index contributed by atoms with van der Waals surface area (Å²) in [6, 6.07) is 15.4. The molecule has 1 aliphatic heterocycles. The van der Waals surface area contributed by atoms with Crippen LogP contribution >= 0.6 is 11.3 Å². The van der Waals surface area contributed by atoms with Crippen LogP contribution in [0, 0.1) is 5.41 Å². The number of thiazole rings is 1. The van der Waals surface area contributed by atoms with Crippen molar-refractivity contribution in [3.05, 3.63) is 72.3 Å². The number of carboxylic acid groups (broad SMARTS) is 1. The fourth-order valence-electron chi connectivity index (χ4n) is 5.54. The van der Waals surface area contributed by atoms with Gasteiger partial charge in [0.2, 0.25) is 0 Å². The Morgan fingerprint density at radius 2 is 1.88 bits per heavy atom. The number of anilines is 2. The molecule has 3 heterocycles. The Kier molecular flexibility index (Phi) is 10.9. The van der Waals surface area contributed by atoms with Crippen LogP contribution in [0.1, 0.15) is 38.7 Å². The molecule has 2 unspecified atom stereocenters. The van der Waals surface area contributed by atoms with Crippen molar-refractivity contribution in [2.75, 3.05) is 35.9 Å². The normalized spacial score (nSPS) is 18.0. The second-order valence-corrected chi connectivity index (χ2v) is 13.8. The van der Waals surface area contributed by atoms with Crippen molar-refractivity contribution >= 4 is 39.2 Å². The maximum Gasteiger partial charge on any atom is 0.573 e. The standard InChI is InChI=1S/C33H33F5N4O5S2/c1-3-15-31(2,29(43)44)19-42-16-8-17-46-20-32(34,35)24-12-5-4-11-23(24)27-28(21-9-6-10-22(18-21)47-33(36,37)38)48-30(40-27)41-49(45)26-14-7-13-25(42)39-26/h4-7,9-14,18H,3,8,15-17,19-20H2,1-2H3,(H,40,41)(H,43,44). The highest BCUT2D eigenvalue weighted by Crippen LogP contribution is 2.45. The first-order chi connectivity index (χ1) is 23.2. The van der Waals surface area contributed by atoms with Gasteiger partial charge in [-0.3, -0.25) is 9.52 Å². The Labute approximate surface area is 285 Å². The molecule has 0 radical (unpaired) electrons. The van der Waals surface area contributed by atoms with Crippen molar-refractivity contribution in [1.82, 2.24) is 9.97 Å². The van der Waals surface area contributed by atoms with Crippen LogP contribution in [0.25, 0.3) is 21.7 Å². The van der Waals surface area contributed by atoms with Gasteiger partial charge in [-0.05, 0) is 49.6 Å². The Morgan fingerprint density at radius 1 is 1.12 bits per heavy atom. The third kappa shape index (κ3) is 8.72. The third-order valence-electron chi connectivity index (χ3n) is 7.79. The van der Waals surface area contributed by atoms with Gasteiger partial charge in [-0.2, -0.15) is 8.78 Å². The molecule has 2 aromatic heterocycles. The van der Waals surface area contributed by atoms with E-state index in [0.29, 0.717) is 18.7 Å². The summed E-state index contributed by atoms with van der Waals surface area (Å²) in [6.07, 6.45) is -3.74. The summed E-state index contributed by atoms with van der Waals surface area (Å²) < 4.78 is 96.8. The number of pyridine rings is 1. The lowest BCUT2D eigenvalue weighted by Crippen LogP contribution is -2.42. The van der Waals surface area contributed by atoms with Crippen LogP contribution in [0.3, 0.4) is 0 Å². The smallest absolute Gasteiger partial charge is 0.481 e. The van der Waals surface area contributed by atoms with E-state index < -0.39 is 52.6 Å². The molecule has 0 spiro atoms. The minimum absolute atomic E-state index is 0.00261. The number of aliphatic carboxylic acids is 1. The Morgan fingerprint density at radius 3 is 2.61 bits per heavy atom. The number of alkyl halides is 5. The van der Waals surface area contributed by atoms with Crippen LogP contribution in [-0.2, 0) is 26.4 Å². The van der Waals surface area contributed by atoms with Crippen molar-refractivity contribution in [2.24, 2.45) is 5.41 Å². The van der Waals surface area contributed by atoms with Crippen LogP contribution in [0.15, 0.2) is 71.8 Å². The first kappa shape index (κ1) is 36.1. The lowest BCUT2D eigenvalue weighted by atomic mass is 9.85. The minimum Gasteiger partial charge on any atom is -0.481 e. The number of fused-ring (bicyclic) bond motifs is 6. The first-order valence-electron chi connectivity index (χ1n) is 15.3. The van der Waals surface area contributed by atoms with E-state index in [1.54, 1.807) is 24.0 Å². The second kappa shape index (κ2) is 14.8.